The Balaban J connectivity index is 1.60. The molecular weight excluding hydrogens is 338 g/mol. The smallest absolute Gasteiger partial charge is 0.129 e. The maximum absolute atomic E-state index is 14.2. The molecule has 1 unspecified atom stereocenters. The monoisotopic (exact) mass is 368 g/mol. The van der Waals surface area contributed by atoms with Crippen LogP contribution in [-0.4, -0.2) is 0 Å². The normalized spacial score (nSPS) is 16.7. The number of rotatable bonds is 7. The Hall–Kier alpha value is -1.96. The van der Waals surface area contributed by atoms with E-state index in [9.17, 15) is 8.78 Å². The molecule has 0 heterocycles. The van der Waals surface area contributed by atoms with Crippen LogP contribution in [0.1, 0.15) is 60.9 Å². The Labute approximate surface area is 162 Å². The minimum atomic E-state index is -0.381. The molecule has 0 N–H and O–H groups in total. The van der Waals surface area contributed by atoms with Crippen LogP contribution in [0.15, 0.2) is 42.5 Å². The van der Waals surface area contributed by atoms with Gasteiger partial charge in [-0.15, -0.1) is 0 Å². The van der Waals surface area contributed by atoms with E-state index in [1.807, 2.05) is 6.92 Å². The van der Waals surface area contributed by atoms with Crippen molar-refractivity contribution in [3.8, 4) is 0 Å². The van der Waals surface area contributed by atoms with Crippen LogP contribution in [0.5, 0.6) is 0 Å². The largest absolute Gasteiger partial charge is 0.207 e. The first-order valence-electron chi connectivity index (χ1n) is 10.3. The van der Waals surface area contributed by atoms with E-state index in [0.717, 1.165) is 44.1 Å². The number of hydrogen-bond acceptors (Lipinski definition) is 0. The fraction of sp³-hybridized carbons (Fsp3) is 0.440. The molecule has 1 aliphatic rings. The van der Waals surface area contributed by atoms with E-state index in [1.54, 1.807) is 0 Å². The zero-order valence-electron chi connectivity index (χ0n) is 16.5. The van der Waals surface area contributed by atoms with Crippen molar-refractivity contribution in [2.24, 2.45) is 5.92 Å². The molecule has 2 aromatic rings. The molecule has 0 amide bonds. The first-order chi connectivity index (χ1) is 13.1. The average molecular weight is 369 g/mol. The van der Waals surface area contributed by atoms with Gasteiger partial charge in [-0.2, -0.15) is 0 Å². The molecule has 0 saturated heterocycles. The molecule has 0 bridgehead atoms. The summed E-state index contributed by atoms with van der Waals surface area (Å²) in [6, 6.07) is 9.85. The second kappa shape index (κ2) is 9.30. The van der Waals surface area contributed by atoms with Crippen molar-refractivity contribution in [3.63, 3.8) is 0 Å². The van der Waals surface area contributed by atoms with Crippen molar-refractivity contribution in [3.05, 3.63) is 81.9 Å². The molecule has 0 aromatic heterocycles. The topological polar surface area (TPSA) is 0 Å². The minimum absolute atomic E-state index is 0.261. The first kappa shape index (κ1) is 19.8. The fourth-order valence-electron chi connectivity index (χ4n) is 4.15. The van der Waals surface area contributed by atoms with Crippen molar-refractivity contribution in [2.75, 3.05) is 0 Å². The molecule has 144 valence electrons. The van der Waals surface area contributed by atoms with Gasteiger partial charge in [0.2, 0.25) is 0 Å². The van der Waals surface area contributed by atoms with Crippen LogP contribution in [-0.2, 0) is 32.1 Å². The Morgan fingerprint density at radius 3 is 2.48 bits per heavy atom. The lowest BCUT2D eigenvalue weighted by Gasteiger charge is -2.25. The highest BCUT2D eigenvalue weighted by atomic mass is 19.1. The van der Waals surface area contributed by atoms with E-state index in [2.05, 4.69) is 37.3 Å². The van der Waals surface area contributed by atoms with Gasteiger partial charge in [-0.1, -0.05) is 37.3 Å². The number of aryl methyl sites for hydroxylation is 3. The Morgan fingerprint density at radius 2 is 1.78 bits per heavy atom. The van der Waals surface area contributed by atoms with E-state index >= 15 is 0 Å². The highest BCUT2D eigenvalue weighted by Crippen LogP contribution is 2.30. The number of hydrogen-bond donors (Lipinski definition) is 0. The highest BCUT2D eigenvalue weighted by Gasteiger charge is 2.20. The third kappa shape index (κ3) is 5.06. The van der Waals surface area contributed by atoms with Crippen molar-refractivity contribution in [1.82, 2.24) is 0 Å². The van der Waals surface area contributed by atoms with Crippen molar-refractivity contribution in [1.29, 1.82) is 0 Å². The molecule has 27 heavy (non-hydrogen) atoms. The second-order valence-electron chi connectivity index (χ2n) is 7.75. The van der Waals surface area contributed by atoms with Gasteiger partial charge >= 0.3 is 0 Å². The van der Waals surface area contributed by atoms with Crippen LogP contribution in [0.25, 0.3) is 0 Å². The lowest BCUT2D eigenvalue weighted by Crippen LogP contribution is -2.16. The predicted octanol–water partition coefficient (Wildman–Crippen LogP) is 6.77. The maximum atomic E-state index is 14.2. The van der Waals surface area contributed by atoms with E-state index in [0.29, 0.717) is 18.8 Å². The number of benzene rings is 2. The van der Waals surface area contributed by atoms with Crippen molar-refractivity contribution >= 4 is 0 Å². The molecule has 2 aromatic carbocycles. The van der Waals surface area contributed by atoms with E-state index in [-0.39, 0.29) is 17.2 Å². The lowest BCUT2D eigenvalue weighted by atomic mass is 9.80. The van der Waals surface area contributed by atoms with Gasteiger partial charge in [-0.25, -0.2) is 8.78 Å². The van der Waals surface area contributed by atoms with Gasteiger partial charge in [0.25, 0.3) is 0 Å². The highest BCUT2D eigenvalue weighted by molar-refractivity contribution is 5.34. The van der Waals surface area contributed by atoms with Crippen LogP contribution in [0.3, 0.4) is 0 Å². The molecule has 0 spiro atoms. The minimum Gasteiger partial charge on any atom is -0.207 e. The Bertz CT molecular complexity index is 781. The van der Waals surface area contributed by atoms with E-state index in [4.69, 9.17) is 0 Å². The summed E-state index contributed by atoms with van der Waals surface area (Å²) in [5, 5.41) is 0. The van der Waals surface area contributed by atoms with Gasteiger partial charge in [0.1, 0.15) is 11.6 Å². The van der Waals surface area contributed by atoms with Crippen LogP contribution < -0.4 is 0 Å². The molecule has 1 atom stereocenters. The van der Waals surface area contributed by atoms with Crippen molar-refractivity contribution < 1.29 is 8.78 Å². The molecule has 2 heteroatoms. The molecule has 0 fully saturated rings. The summed E-state index contributed by atoms with van der Waals surface area (Å²) in [4.78, 5) is 0. The van der Waals surface area contributed by atoms with Crippen LogP contribution in [0, 0.1) is 17.6 Å². The van der Waals surface area contributed by atoms with Crippen LogP contribution >= 0.6 is 0 Å². The number of fused-ring (bicyclic) bond motifs is 1. The SMILES string of the molecule is C/C=C/CCc1ccc2c(c1)CCC(CCc1c(F)cc(CC)cc1F)C2. The predicted molar refractivity (Wildman–Crippen MR) is 109 cm³/mol. The van der Waals surface area contributed by atoms with Crippen molar-refractivity contribution in [2.45, 2.75) is 65.2 Å². The third-order valence-corrected chi connectivity index (χ3v) is 5.85. The van der Waals surface area contributed by atoms with Gasteiger partial charge in [0.05, 0.1) is 0 Å². The molecule has 0 radical (unpaired) electrons. The summed E-state index contributed by atoms with van der Waals surface area (Å²) in [6.07, 6.45) is 11.7. The molecule has 1 aliphatic carbocycles. The molecule has 3 rings (SSSR count). The van der Waals surface area contributed by atoms with Crippen LogP contribution in [0.4, 0.5) is 8.78 Å². The fourth-order valence-corrected chi connectivity index (χ4v) is 4.15. The van der Waals surface area contributed by atoms with Crippen LogP contribution in [0.2, 0.25) is 0 Å². The lowest BCUT2D eigenvalue weighted by molar-refractivity contribution is 0.418. The Morgan fingerprint density at radius 1 is 1.00 bits per heavy atom. The van der Waals surface area contributed by atoms with E-state index in [1.165, 1.54) is 28.8 Å². The zero-order valence-corrected chi connectivity index (χ0v) is 16.5. The summed E-state index contributed by atoms with van der Waals surface area (Å²) in [7, 11) is 0. The number of allylic oxidation sites excluding steroid dienone is 2. The average Bonchev–Trinajstić information content (AvgIpc) is 2.67. The summed E-state index contributed by atoms with van der Waals surface area (Å²) in [5.41, 5.74) is 5.28. The summed E-state index contributed by atoms with van der Waals surface area (Å²) >= 11 is 0. The van der Waals surface area contributed by atoms with Gasteiger partial charge < -0.3 is 0 Å². The maximum Gasteiger partial charge on any atom is 0.129 e. The molecule has 0 nitrogen and oxygen atoms in total. The Kier molecular flexibility index (Phi) is 6.82. The second-order valence-corrected chi connectivity index (χ2v) is 7.75. The van der Waals surface area contributed by atoms with E-state index < -0.39 is 0 Å². The molecule has 0 saturated carbocycles. The zero-order chi connectivity index (χ0) is 19.2. The third-order valence-electron chi connectivity index (χ3n) is 5.85. The van der Waals surface area contributed by atoms with Gasteiger partial charge in [-0.05, 0) is 98.6 Å². The number of halogens is 2. The summed E-state index contributed by atoms with van der Waals surface area (Å²) in [5.74, 6) is -0.251. The van der Waals surface area contributed by atoms with Gasteiger partial charge in [0, 0.05) is 5.56 Å². The summed E-state index contributed by atoms with van der Waals surface area (Å²) in [6.45, 7) is 3.97. The first-order valence-corrected chi connectivity index (χ1v) is 10.3. The summed E-state index contributed by atoms with van der Waals surface area (Å²) < 4.78 is 28.4. The molecular formula is C25H30F2. The standard InChI is InChI=1S/C25H30F2/c1-3-5-6-7-19-8-11-22-15-20(9-12-21(22)14-19)10-13-23-24(26)16-18(4-2)17-25(23)27/h3,5,8,11,14,16-17,20H,4,6-7,9-10,12-13,15H2,1-2H3/b5-3+. The van der Waals surface area contributed by atoms with Gasteiger partial charge in [0.15, 0.2) is 0 Å². The molecule has 0 aliphatic heterocycles. The van der Waals surface area contributed by atoms with Gasteiger partial charge in [-0.3, -0.25) is 0 Å². The quantitative estimate of drug-likeness (QED) is 0.473.